The molecule has 0 rings (SSSR count). The maximum Gasteiger partial charge on any atom is 0.217 e. The lowest BCUT2D eigenvalue weighted by molar-refractivity contribution is -0.118. The molecule has 10 heavy (non-hydrogen) atoms. The van der Waals surface area contributed by atoms with Gasteiger partial charge in [-0.1, -0.05) is 6.08 Å². The Balaban J connectivity index is 3.19. The summed E-state index contributed by atoms with van der Waals surface area (Å²) in [5, 5.41) is 0. The Bertz CT molecular complexity index is 123. The first-order valence-corrected chi connectivity index (χ1v) is 3.33. The van der Waals surface area contributed by atoms with Crippen molar-refractivity contribution in [3.05, 3.63) is 12.7 Å². The highest BCUT2D eigenvalue weighted by molar-refractivity contribution is 5.73. The molecule has 1 unspecified atom stereocenters. The van der Waals surface area contributed by atoms with Gasteiger partial charge in [0.25, 0.3) is 0 Å². The maximum absolute atomic E-state index is 10.2. The number of primary amides is 1. The van der Waals surface area contributed by atoms with E-state index in [-0.39, 0.29) is 11.9 Å². The van der Waals surface area contributed by atoms with E-state index in [9.17, 15) is 4.79 Å². The summed E-state index contributed by atoms with van der Waals surface area (Å²) in [5.41, 5.74) is 10.4. The quantitative estimate of drug-likeness (QED) is 0.537. The minimum Gasteiger partial charge on any atom is -0.370 e. The van der Waals surface area contributed by atoms with Crippen LogP contribution in [-0.4, -0.2) is 11.9 Å². The Hall–Kier alpha value is -0.830. The van der Waals surface area contributed by atoms with Gasteiger partial charge >= 0.3 is 0 Å². The molecule has 1 atom stereocenters. The fourth-order valence-corrected chi connectivity index (χ4v) is 0.630. The van der Waals surface area contributed by atoms with E-state index in [2.05, 4.69) is 6.58 Å². The highest BCUT2D eigenvalue weighted by Crippen LogP contribution is 1.97. The van der Waals surface area contributed by atoms with Gasteiger partial charge in [0.05, 0.1) is 0 Å². The molecular weight excluding hydrogens is 128 g/mol. The average molecular weight is 142 g/mol. The van der Waals surface area contributed by atoms with Crippen molar-refractivity contribution < 1.29 is 4.79 Å². The Morgan fingerprint density at radius 2 is 2.30 bits per heavy atom. The molecule has 0 radical (unpaired) electrons. The predicted octanol–water partition coefficient (Wildman–Crippen LogP) is 0.155. The van der Waals surface area contributed by atoms with E-state index < -0.39 is 0 Å². The van der Waals surface area contributed by atoms with Crippen LogP contribution in [0.1, 0.15) is 19.3 Å². The third-order valence-electron chi connectivity index (χ3n) is 1.26. The average Bonchev–Trinajstić information content (AvgIpc) is 1.87. The number of nitrogens with two attached hydrogens (primary N) is 2. The van der Waals surface area contributed by atoms with E-state index in [1.54, 1.807) is 6.08 Å². The largest absolute Gasteiger partial charge is 0.370 e. The zero-order valence-corrected chi connectivity index (χ0v) is 6.05. The van der Waals surface area contributed by atoms with Crippen molar-refractivity contribution in [2.45, 2.75) is 25.3 Å². The van der Waals surface area contributed by atoms with Gasteiger partial charge in [-0.3, -0.25) is 4.79 Å². The van der Waals surface area contributed by atoms with Crippen molar-refractivity contribution >= 4 is 5.91 Å². The van der Waals surface area contributed by atoms with E-state index >= 15 is 0 Å². The molecule has 0 fully saturated rings. The Labute approximate surface area is 61.1 Å². The van der Waals surface area contributed by atoms with Crippen LogP contribution in [0.2, 0.25) is 0 Å². The molecule has 58 valence electrons. The summed E-state index contributed by atoms with van der Waals surface area (Å²) in [5.74, 6) is -0.267. The van der Waals surface area contributed by atoms with E-state index in [1.807, 2.05) is 0 Å². The molecule has 0 aromatic heterocycles. The second-order valence-electron chi connectivity index (χ2n) is 2.26. The fraction of sp³-hybridized carbons (Fsp3) is 0.571. The van der Waals surface area contributed by atoms with Gasteiger partial charge in [0.1, 0.15) is 0 Å². The summed E-state index contributed by atoms with van der Waals surface area (Å²) >= 11 is 0. The molecular formula is C7H14N2O. The molecule has 1 amide bonds. The van der Waals surface area contributed by atoms with Gasteiger partial charge in [-0.25, -0.2) is 0 Å². The number of amides is 1. The zero-order chi connectivity index (χ0) is 7.98. The van der Waals surface area contributed by atoms with Crippen LogP contribution in [0.15, 0.2) is 12.7 Å². The molecule has 0 aliphatic heterocycles. The normalized spacial score (nSPS) is 12.5. The molecule has 3 nitrogen and oxygen atoms in total. The van der Waals surface area contributed by atoms with Crippen LogP contribution in [-0.2, 0) is 4.79 Å². The van der Waals surface area contributed by atoms with Crippen LogP contribution >= 0.6 is 0 Å². The number of rotatable bonds is 5. The summed E-state index contributed by atoms with van der Waals surface area (Å²) in [6, 6.07) is -0.000602. The second-order valence-corrected chi connectivity index (χ2v) is 2.26. The number of carbonyl (C=O) groups is 1. The van der Waals surface area contributed by atoms with Gasteiger partial charge in [0.15, 0.2) is 0 Å². The van der Waals surface area contributed by atoms with Crippen molar-refractivity contribution in [3.63, 3.8) is 0 Å². The van der Waals surface area contributed by atoms with E-state index in [4.69, 9.17) is 11.5 Å². The van der Waals surface area contributed by atoms with Crippen LogP contribution < -0.4 is 11.5 Å². The highest BCUT2D eigenvalue weighted by Gasteiger charge is 1.97. The molecule has 3 heteroatoms. The molecule has 0 heterocycles. The number of hydrogen-bond donors (Lipinski definition) is 2. The van der Waals surface area contributed by atoms with Gasteiger partial charge in [-0.05, 0) is 12.8 Å². The van der Waals surface area contributed by atoms with Crippen LogP contribution in [0, 0.1) is 0 Å². The topological polar surface area (TPSA) is 69.1 Å². The number of carbonyl (C=O) groups excluding carboxylic acids is 1. The third-order valence-corrected chi connectivity index (χ3v) is 1.26. The predicted molar refractivity (Wildman–Crippen MR) is 41.2 cm³/mol. The Morgan fingerprint density at radius 1 is 1.70 bits per heavy atom. The lowest BCUT2D eigenvalue weighted by Gasteiger charge is -2.02. The van der Waals surface area contributed by atoms with Gasteiger partial charge in [0.2, 0.25) is 5.91 Å². The molecule has 4 N–H and O–H groups in total. The van der Waals surface area contributed by atoms with Crippen LogP contribution in [0.4, 0.5) is 0 Å². The van der Waals surface area contributed by atoms with E-state index in [1.165, 1.54) is 0 Å². The van der Waals surface area contributed by atoms with Crippen molar-refractivity contribution in [2.75, 3.05) is 0 Å². The minimum absolute atomic E-state index is 0.000602. The van der Waals surface area contributed by atoms with Gasteiger partial charge < -0.3 is 11.5 Å². The first-order chi connectivity index (χ1) is 4.66. The number of hydrogen-bond acceptors (Lipinski definition) is 2. The Morgan fingerprint density at radius 3 is 2.70 bits per heavy atom. The highest BCUT2D eigenvalue weighted by atomic mass is 16.1. The van der Waals surface area contributed by atoms with Gasteiger partial charge in [-0.2, -0.15) is 0 Å². The van der Waals surface area contributed by atoms with Crippen LogP contribution in [0.5, 0.6) is 0 Å². The molecule has 0 aliphatic carbocycles. The van der Waals surface area contributed by atoms with Crippen LogP contribution in [0.3, 0.4) is 0 Å². The molecule has 0 aromatic rings. The molecule has 0 saturated carbocycles. The first-order valence-electron chi connectivity index (χ1n) is 3.33. The molecule has 0 saturated heterocycles. The smallest absolute Gasteiger partial charge is 0.217 e. The standard InChI is InChI=1S/C7H14N2O/c1-2-6(8)4-3-5-7(9)10/h2,6H,1,3-5,8H2,(H2,9,10). The van der Waals surface area contributed by atoms with Gasteiger partial charge in [0, 0.05) is 12.5 Å². The van der Waals surface area contributed by atoms with Crippen molar-refractivity contribution in [2.24, 2.45) is 11.5 Å². The van der Waals surface area contributed by atoms with Crippen LogP contribution in [0.25, 0.3) is 0 Å². The summed E-state index contributed by atoms with van der Waals surface area (Å²) in [7, 11) is 0. The van der Waals surface area contributed by atoms with Gasteiger partial charge in [-0.15, -0.1) is 6.58 Å². The zero-order valence-electron chi connectivity index (χ0n) is 6.05. The molecule has 0 bridgehead atoms. The fourth-order valence-electron chi connectivity index (χ4n) is 0.630. The van der Waals surface area contributed by atoms with E-state index in [0.717, 1.165) is 12.8 Å². The SMILES string of the molecule is C=CC(N)CCCC(N)=O. The molecule has 0 aliphatic rings. The summed E-state index contributed by atoms with van der Waals surface area (Å²) in [6.07, 6.45) is 3.62. The summed E-state index contributed by atoms with van der Waals surface area (Å²) < 4.78 is 0. The maximum atomic E-state index is 10.2. The lowest BCUT2D eigenvalue weighted by Crippen LogP contribution is -2.17. The Kier molecular flexibility index (Phi) is 4.58. The summed E-state index contributed by atoms with van der Waals surface area (Å²) in [4.78, 5) is 10.2. The second kappa shape index (κ2) is 4.99. The summed E-state index contributed by atoms with van der Waals surface area (Å²) in [6.45, 7) is 3.52. The molecule has 0 aromatic carbocycles. The monoisotopic (exact) mass is 142 g/mol. The molecule has 0 spiro atoms. The van der Waals surface area contributed by atoms with Crippen molar-refractivity contribution in [1.29, 1.82) is 0 Å². The van der Waals surface area contributed by atoms with Crippen molar-refractivity contribution in [1.82, 2.24) is 0 Å². The lowest BCUT2D eigenvalue weighted by atomic mass is 10.1. The first kappa shape index (κ1) is 9.17. The third kappa shape index (κ3) is 5.31. The van der Waals surface area contributed by atoms with E-state index in [0.29, 0.717) is 6.42 Å². The minimum atomic E-state index is -0.267. The van der Waals surface area contributed by atoms with Crippen molar-refractivity contribution in [3.8, 4) is 0 Å².